The van der Waals surface area contributed by atoms with Crippen molar-refractivity contribution in [3.8, 4) is 0 Å². The Bertz CT molecular complexity index is 942. The first-order valence-electron chi connectivity index (χ1n) is 12.4. The molecule has 33 heavy (non-hydrogen) atoms. The summed E-state index contributed by atoms with van der Waals surface area (Å²) < 4.78 is 0. The van der Waals surface area contributed by atoms with Crippen LogP contribution in [0.5, 0.6) is 0 Å². The van der Waals surface area contributed by atoms with Crippen LogP contribution in [-0.4, -0.2) is 17.0 Å². The Morgan fingerprint density at radius 2 is 2.06 bits per heavy atom. The standard InChI is InChI=1S/C21H30N2O.C8H15N/c1-5-7-8-10-17(13-15(3)6-2)14-18-11-9-12-19-20(18)21(24)23-16(4)22-19;1-4-5-6-7-8(2)9-3/h5,7,9,11-12,15,17H,6,8,10,13-14H2,1-4H3,(H,22,23,24);4,9H,1-2,5-7H2,3H3. The second-order valence-corrected chi connectivity index (χ2v) is 8.96. The Balaban J connectivity index is 0.000000513. The van der Waals surface area contributed by atoms with E-state index in [4.69, 9.17) is 0 Å². The fourth-order valence-electron chi connectivity index (χ4n) is 3.98. The summed E-state index contributed by atoms with van der Waals surface area (Å²) in [5.74, 6) is 1.99. The number of unbranched alkanes of at least 4 members (excludes halogenated alkanes) is 1. The number of nitrogens with zero attached hydrogens (tertiary/aromatic N) is 1. The SMILES string of the molecule is C=CCCCC(=C)NC.CC=CCCC(Cc1cccc2nc(C)[nH]c(=O)c12)CC(C)CC. The molecule has 0 fully saturated rings. The van der Waals surface area contributed by atoms with Gasteiger partial charge in [0, 0.05) is 12.7 Å². The van der Waals surface area contributed by atoms with Gasteiger partial charge in [0.1, 0.15) is 5.82 Å². The second-order valence-electron chi connectivity index (χ2n) is 8.96. The molecule has 0 aliphatic carbocycles. The summed E-state index contributed by atoms with van der Waals surface area (Å²) in [6, 6.07) is 6.05. The number of benzene rings is 1. The molecule has 0 spiro atoms. The van der Waals surface area contributed by atoms with Crippen LogP contribution in [0.25, 0.3) is 10.9 Å². The number of H-pyrrole nitrogens is 1. The van der Waals surface area contributed by atoms with E-state index in [2.05, 4.69) is 67.4 Å². The fraction of sp³-hybridized carbons (Fsp3) is 0.517. The van der Waals surface area contributed by atoms with Gasteiger partial charge in [-0.05, 0) is 82.3 Å². The molecule has 4 nitrogen and oxygen atoms in total. The van der Waals surface area contributed by atoms with E-state index in [1.165, 1.54) is 19.3 Å². The largest absolute Gasteiger partial charge is 0.392 e. The van der Waals surface area contributed by atoms with Crippen molar-refractivity contribution in [2.24, 2.45) is 11.8 Å². The Morgan fingerprint density at radius 3 is 2.70 bits per heavy atom. The van der Waals surface area contributed by atoms with Gasteiger partial charge in [-0.2, -0.15) is 0 Å². The maximum Gasteiger partial charge on any atom is 0.259 e. The number of aryl methyl sites for hydroxylation is 1. The third kappa shape index (κ3) is 10.7. The zero-order valence-electron chi connectivity index (χ0n) is 21.5. The number of hydrogen-bond donors (Lipinski definition) is 2. The second kappa shape index (κ2) is 16.1. The van der Waals surface area contributed by atoms with Gasteiger partial charge < -0.3 is 10.3 Å². The summed E-state index contributed by atoms with van der Waals surface area (Å²) >= 11 is 0. The Hall–Kier alpha value is -2.62. The molecule has 1 heterocycles. The third-order valence-electron chi connectivity index (χ3n) is 6.10. The maximum atomic E-state index is 12.4. The van der Waals surface area contributed by atoms with Crippen LogP contribution < -0.4 is 10.9 Å². The van der Waals surface area contributed by atoms with Gasteiger partial charge in [0.15, 0.2) is 0 Å². The first kappa shape index (κ1) is 28.4. The summed E-state index contributed by atoms with van der Waals surface area (Å²) in [7, 11) is 1.90. The summed E-state index contributed by atoms with van der Waals surface area (Å²) in [6.45, 7) is 15.9. The molecule has 2 unspecified atom stereocenters. The highest BCUT2D eigenvalue weighted by atomic mass is 16.1. The molecule has 2 rings (SSSR count). The van der Waals surface area contributed by atoms with Crippen LogP contribution in [0.4, 0.5) is 0 Å². The Kier molecular flexibility index (Phi) is 13.8. The Morgan fingerprint density at radius 1 is 1.30 bits per heavy atom. The molecule has 1 aromatic heterocycles. The van der Waals surface area contributed by atoms with E-state index in [0.717, 1.165) is 54.3 Å². The number of hydrogen-bond acceptors (Lipinski definition) is 3. The van der Waals surface area contributed by atoms with Gasteiger partial charge in [-0.1, -0.05) is 57.2 Å². The van der Waals surface area contributed by atoms with E-state index in [0.29, 0.717) is 17.7 Å². The minimum atomic E-state index is -0.0103. The molecule has 0 amide bonds. The van der Waals surface area contributed by atoms with Crippen molar-refractivity contribution in [3.63, 3.8) is 0 Å². The molecule has 1 aromatic carbocycles. The lowest BCUT2D eigenvalue weighted by molar-refractivity contribution is 0.363. The molecule has 4 heteroatoms. The van der Waals surface area contributed by atoms with E-state index in [1.807, 2.05) is 32.2 Å². The third-order valence-corrected chi connectivity index (χ3v) is 6.10. The zero-order valence-corrected chi connectivity index (χ0v) is 21.5. The van der Waals surface area contributed by atoms with Crippen LogP contribution in [0.2, 0.25) is 0 Å². The molecular formula is C29H45N3O. The lowest BCUT2D eigenvalue weighted by atomic mass is 9.85. The molecule has 0 aliphatic rings. The summed E-state index contributed by atoms with van der Waals surface area (Å²) in [6.07, 6.45) is 15.2. The van der Waals surface area contributed by atoms with Crippen LogP contribution >= 0.6 is 0 Å². The lowest BCUT2D eigenvalue weighted by Gasteiger charge is -2.20. The highest BCUT2D eigenvalue weighted by molar-refractivity contribution is 5.81. The van der Waals surface area contributed by atoms with E-state index in [-0.39, 0.29) is 5.56 Å². The molecule has 0 saturated heterocycles. The van der Waals surface area contributed by atoms with E-state index in [1.54, 1.807) is 0 Å². The van der Waals surface area contributed by atoms with Crippen LogP contribution in [-0.2, 0) is 6.42 Å². The molecule has 2 atom stereocenters. The quantitative estimate of drug-likeness (QED) is 0.249. The van der Waals surface area contributed by atoms with Crippen LogP contribution in [0.1, 0.15) is 77.1 Å². The number of aromatic nitrogens is 2. The van der Waals surface area contributed by atoms with Crippen LogP contribution in [0, 0.1) is 18.8 Å². The number of aromatic amines is 1. The maximum absolute atomic E-state index is 12.4. The van der Waals surface area contributed by atoms with Gasteiger partial charge in [0.05, 0.1) is 10.9 Å². The van der Waals surface area contributed by atoms with Gasteiger partial charge in [0.2, 0.25) is 0 Å². The minimum Gasteiger partial charge on any atom is -0.392 e. The molecule has 182 valence electrons. The molecule has 2 N–H and O–H groups in total. The number of nitrogens with one attached hydrogen (secondary N) is 2. The highest BCUT2D eigenvalue weighted by Gasteiger charge is 2.16. The Labute approximate surface area is 201 Å². The predicted molar refractivity (Wildman–Crippen MR) is 145 cm³/mol. The zero-order chi connectivity index (χ0) is 24.6. The molecule has 0 saturated carbocycles. The van der Waals surface area contributed by atoms with Gasteiger partial charge in [-0.25, -0.2) is 4.98 Å². The van der Waals surface area contributed by atoms with Gasteiger partial charge in [-0.3, -0.25) is 4.79 Å². The number of rotatable bonds is 13. The highest BCUT2D eigenvalue weighted by Crippen LogP contribution is 2.26. The first-order valence-corrected chi connectivity index (χ1v) is 12.4. The first-order chi connectivity index (χ1) is 15.9. The summed E-state index contributed by atoms with van der Waals surface area (Å²) in [5, 5.41) is 3.76. The van der Waals surface area contributed by atoms with Crippen molar-refractivity contribution in [2.75, 3.05) is 7.05 Å². The number of fused-ring (bicyclic) bond motifs is 1. The average molecular weight is 452 g/mol. The minimum absolute atomic E-state index is 0.0103. The van der Waals surface area contributed by atoms with Gasteiger partial charge >= 0.3 is 0 Å². The predicted octanol–water partition coefficient (Wildman–Crippen LogP) is 7.26. The molecule has 0 radical (unpaired) electrons. The van der Waals surface area contributed by atoms with E-state index in [9.17, 15) is 4.79 Å². The van der Waals surface area contributed by atoms with E-state index >= 15 is 0 Å². The van der Waals surface area contributed by atoms with Crippen molar-refractivity contribution in [1.29, 1.82) is 0 Å². The van der Waals surface area contributed by atoms with Gasteiger partial charge in [-0.15, -0.1) is 6.58 Å². The summed E-state index contributed by atoms with van der Waals surface area (Å²) in [4.78, 5) is 19.8. The molecule has 2 aromatic rings. The molecule has 0 aliphatic heterocycles. The van der Waals surface area contributed by atoms with Crippen molar-refractivity contribution < 1.29 is 0 Å². The molecule has 0 bridgehead atoms. The normalized spacial score (nSPS) is 12.8. The van der Waals surface area contributed by atoms with Crippen LogP contribution in [0.15, 0.2) is 60.1 Å². The smallest absolute Gasteiger partial charge is 0.259 e. The topological polar surface area (TPSA) is 57.8 Å². The van der Waals surface area contributed by atoms with Crippen molar-refractivity contribution >= 4 is 10.9 Å². The monoisotopic (exact) mass is 451 g/mol. The fourth-order valence-corrected chi connectivity index (χ4v) is 3.98. The average Bonchev–Trinajstić information content (AvgIpc) is 2.79. The van der Waals surface area contributed by atoms with Crippen molar-refractivity contribution in [3.05, 3.63) is 77.0 Å². The summed E-state index contributed by atoms with van der Waals surface area (Å²) in [5.41, 5.74) is 3.04. The van der Waals surface area contributed by atoms with Crippen molar-refractivity contribution in [1.82, 2.24) is 15.3 Å². The van der Waals surface area contributed by atoms with Gasteiger partial charge in [0.25, 0.3) is 5.56 Å². The number of allylic oxidation sites excluding steroid dienone is 4. The van der Waals surface area contributed by atoms with Crippen LogP contribution in [0.3, 0.4) is 0 Å². The van der Waals surface area contributed by atoms with E-state index < -0.39 is 0 Å². The van der Waals surface area contributed by atoms with Crippen molar-refractivity contribution in [2.45, 2.75) is 79.1 Å². The lowest BCUT2D eigenvalue weighted by Crippen LogP contribution is -2.15. The molecular weight excluding hydrogens is 406 g/mol.